The summed E-state index contributed by atoms with van der Waals surface area (Å²) in [6, 6.07) is -8.57. The van der Waals surface area contributed by atoms with E-state index in [0.717, 1.165) is 105 Å². The first kappa shape index (κ1) is 126. The molecular formula is C98H173N5O43. The van der Waals surface area contributed by atoms with E-state index in [9.17, 15) is 136 Å². The molecular weight excluding hydrogens is 1940 g/mol. The number of aliphatic hydroxyl groups excluding tert-OH is 22. The Balaban J connectivity index is 0.988. The predicted octanol–water partition coefficient (Wildman–Crippen LogP) is -4.37. The Morgan fingerprint density at radius 2 is 0.555 bits per heavy atom. The third kappa shape index (κ3) is 37.9. The van der Waals surface area contributed by atoms with Crippen LogP contribution in [0.2, 0.25) is 0 Å². The Hall–Kier alpha value is -4.69. The maximum absolute atomic E-state index is 13.7. The predicted molar refractivity (Wildman–Crippen MR) is 510 cm³/mol. The van der Waals surface area contributed by atoms with Gasteiger partial charge in [0.15, 0.2) is 50.3 Å². The summed E-state index contributed by atoms with van der Waals surface area (Å²) < 4.78 is 97.0. The number of amides is 5. The second-order valence-corrected chi connectivity index (χ2v) is 39.5. The van der Waals surface area contributed by atoms with Gasteiger partial charge in [0, 0.05) is 34.1 Å². The topological polar surface area (TPSA) is 738 Å². The van der Waals surface area contributed by atoms with Gasteiger partial charge in [-0.2, -0.15) is 0 Å². The van der Waals surface area contributed by atoms with Gasteiger partial charge >= 0.3 is 0 Å². The van der Waals surface area contributed by atoms with Gasteiger partial charge in [0.2, 0.25) is 29.5 Å². The molecule has 8 heterocycles. The standard InChI is InChI=1S/C98H173N5O43/c1-7-9-11-13-15-17-19-21-22-23-24-25-26-27-28-30-32-34-36-38-40-42-66(116)103-56(57(115)41-39-37-35-33-31-29-20-18-16-14-12-10-8-2)50-131-95-81(127)80(126)85(64(49-110)139-95)141-96-82(128)89(76(122)62(47-108)137-96)145-93-70(102-55(6)114)87(74(120)61(46-107)135-93)143-98-84(130)90(77(123)65(140-98)51-132-91-67(99-52(3)111)78(124)71(117)58(43-104)133-91)146-94-69(101-54(5)113)86(73(119)60(45-106)136-94)142-97-83(129)88(75(121)63(48-109)138-97)144-92-68(100-53(4)112)79(125)72(118)59(44-105)134-92/h21-22,39,41,56-65,67-98,104-110,115,117-130H,7-20,23-38,40,42-51H2,1-6H3,(H,99,111)(H,100,112)(H,101,113)(H,102,114)(H,103,116)/b22-21-,41-39+/t56-,57+,58?,59?,60?,61?,62?,63?,64?,65?,67?,68?,69?,70?,71+,72-,73+,74+,75-,76-,77-,78+,79+,80+,81?,82?,83?,84?,85+,86+,87+,88-,89-,90-,91+,92+,93-,94-,95+,96-,97-,98-/m0/s1. The molecule has 0 aromatic rings. The van der Waals surface area contributed by atoms with Crippen LogP contribution in [0.5, 0.6) is 0 Å². The lowest BCUT2D eigenvalue weighted by Crippen LogP contribution is -2.71. The average Bonchev–Trinajstić information content (AvgIpc) is 0.733. The second kappa shape index (κ2) is 66.5. The van der Waals surface area contributed by atoms with Crippen molar-refractivity contribution in [2.45, 2.75) is 505 Å². The number of nitrogens with one attached hydrogen (secondary N) is 5. The van der Waals surface area contributed by atoms with E-state index in [2.05, 4.69) is 52.6 Å². The van der Waals surface area contributed by atoms with Gasteiger partial charge in [0.1, 0.15) is 195 Å². The van der Waals surface area contributed by atoms with Crippen LogP contribution in [0.4, 0.5) is 0 Å². The molecule has 8 aliphatic heterocycles. The highest BCUT2D eigenvalue weighted by molar-refractivity contribution is 5.76. The van der Waals surface area contributed by atoms with Crippen LogP contribution in [0.1, 0.15) is 247 Å². The minimum absolute atomic E-state index is 0.129. The summed E-state index contributed by atoms with van der Waals surface area (Å²) in [4.78, 5) is 65.9. The van der Waals surface area contributed by atoms with Crippen LogP contribution in [0.15, 0.2) is 24.3 Å². The summed E-state index contributed by atoms with van der Waals surface area (Å²) in [6.07, 6.45) is -32.7. The summed E-state index contributed by atoms with van der Waals surface area (Å²) in [6.45, 7) is -0.714. The average molecular weight is 2110 g/mol. The van der Waals surface area contributed by atoms with E-state index in [1.54, 1.807) is 6.08 Å². The fourth-order valence-electron chi connectivity index (χ4n) is 19.5. The van der Waals surface area contributed by atoms with Gasteiger partial charge in [0.05, 0.1) is 71.6 Å². The van der Waals surface area contributed by atoms with Crippen molar-refractivity contribution < 1.29 is 212 Å². The zero-order valence-corrected chi connectivity index (χ0v) is 85.0. The summed E-state index contributed by atoms with van der Waals surface area (Å²) >= 11 is 0. The largest absolute Gasteiger partial charge is 0.394 e. The number of hydrogen-bond acceptors (Lipinski definition) is 43. The van der Waals surface area contributed by atoms with Crippen LogP contribution in [0.25, 0.3) is 0 Å². The minimum atomic E-state index is -2.54. The van der Waals surface area contributed by atoms with Crippen molar-refractivity contribution in [3.8, 4) is 0 Å². The minimum Gasteiger partial charge on any atom is -0.394 e. The molecule has 27 N–H and O–H groups in total. The molecule has 0 aromatic carbocycles. The summed E-state index contributed by atoms with van der Waals surface area (Å²) in [5, 5.41) is 264. The van der Waals surface area contributed by atoms with Crippen molar-refractivity contribution in [3.05, 3.63) is 24.3 Å². The first-order valence-corrected chi connectivity index (χ1v) is 52.6. The van der Waals surface area contributed by atoms with Gasteiger partial charge in [-0.1, -0.05) is 192 Å². The molecule has 42 atom stereocenters. The molecule has 0 spiro atoms. The van der Waals surface area contributed by atoms with Crippen molar-refractivity contribution in [2.24, 2.45) is 0 Å². The van der Waals surface area contributed by atoms with Crippen molar-refractivity contribution in [1.82, 2.24) is 26.6 Å². The molecule has 48 heteroatoms. The first-order chi connectivity index (χ1) is 70.0. The van der Waals surface area contributed by atoms with Gasteiger partial charge in [-0.3, -0.25) is 24.0 Å². The summed E-state index contributed by atoms with van der Waals surface area (Å²) in [7, 11) is 0. The number of aliphatic hydroxyl groups is 22. The van der Waals surface area contributed by atoms with Gasteiger partial charge in [0.25, 0.3) is 0 Å². The maximum Gasteiger partial charge on any atom is 0.220 e. The fourth-order valence-corrected chi connectivity index (χ4v) is 19.5. The van der Waals surface area contributed by atoms with E-state index in [4.69, 9.17) is 75.8 Å². The monoisotopic (exact) mass is 2110 g/mol. The van der Waals surface area contributed by atoms with Crippen LogP contribution in [-0.2, 0) is 99.8 Å². The van der Waals surface area contributed by atoms with E-state index in [1.165, 1.54) is 109 Å². The zero-order valence-electron chi connectivity index (χ0n) is 85.0. The van der Waals surface area contributed by atoms with E-state index in [1.807, 2.05) is 6.08 Å². The van der Waals surface area contributed by atoms with Crippen LogP contribution in [-0.4, -0.2) is 459 Å². The Bertz CT molecular complexity index is 3700. The van der Waals surface area contributed by atoms with Gasteiger partial charge in [-0.15, -0.1) is 0 Å². The summed E-state index contributed by atoms with van der Waals surface area (Å²) in [5.41, 5.74) is 0. The third-order valence-corrected chi connectivity index (χ3v) is 27.9. The maximum atomic E-state index is 13.7. The van der Waals surface area contributed by atoms with E-state index < -0.39 is 341 Å². The van der Waals surface area contributed by atoms with Crippen molar-refractivity contribution in [2.75, 3.05) is 59.5 Å². The molecule has 146 heavy (non-hydrogen) atoms. The molecule has 16 unspecified atom stereocenters. The Morgan fingerprint density at radius 1 is 0.274 bits per heavy atom. The van der Waals surface area contributed by atoms with Gasteiger partial charge in [-0.05, 0) is 44.9 Å². The molecule has 0 radical (unpaired) electrons. The van der Waals surface area contributed by atoms with Crippen molar-refractivity contribution in [3.63, 3.8) is 0 Å². The molecule has 0 aliphatic carbocycles. The number of rotatable bonds is 65. The SMILES string of the molecule is CCCCCCCC/C=C\CCCCCCCCCCCCCC(=O)N[C@@H](CO[C@@H]1OC(CO)[C@@H](O[C@@H]2OC(CO)[C@H](O)[C@H](O[C@@H]3OC(CO)[C@@H](O)[C@H](O[C@@H]4OC(CO[C@@H]5OC(CO)[C@@H](O)[C@H](O)C5NC(C)=O)[C@H](O)[C@H](O[C@@H]5OC(CO)[C@@H](O)[C@H](O[C@@H]6OC(CO)[C@H](O)[C@H](O[C@H]7OC(CO)[C@H](O)[C@H](O)C7NC(C)=O)C6O)C5NC(C)=O)C4O)C3NC(C)=O)C2O)[C@H](O)C1O)[C@H](O)/C=C/CCCCCCCCCCCCC. The third-order valence-electron chi connectivity index (χ3n) is 27.9. The quantitative estimate of drug-likeness (QED) is 0.0202. The number of allylic oxidation sites excluding steroid dienone is 3. The molecule has 0 bridgehead atoms. The van der Waals surface area contributed by atoms with E-state index >= 15 is 0 Å². The molecule has 5 amide bonds. The Morgan fingerprint density at radius 3 is 0.925 bits per heavy atom. The normalized spacial score (nSPS) is 37.6. The summed E-state index contributed by atoms with van der Waals surface area (Å²) in [5.74, 6) is -4.01. The molecule has 848 valence electrons. The Kier molecular flexibility index (Phi) is 57.6. The lowest BCUT2D eigenvalue weighted by molar-refractivity contribution is -0.389. The van der Waals surface area contributed by atoms with Gasteiger partial charge < -0.3 is 215 Å². The number of carbonyl (C=O) groups is 5. The molecule has 8 rings (SSSR count). The molecule has 8 saturated heterocycles. The smallest absolute Gasteiger partial charge is 0.220 e. The van der Waals surface area contributed by atoms with Crippen LogP contribution in [0, 0.1) is 0 Å². The van der Waals surface area contributed by atoms with Crippen LogP contribution < -0.4 is 26.6 Å². The lowest BCUT2D eigenvalue weighted by atomic mass is 9.93. The highest BCUT2D eigenvalue weighted by Gasteiger charge is 2.61. The fraction of sp³-hybridized carbons (Fsp3) is 0.908. The molecule has 8 fully saturated rings. The van der Waals surface area contributed by atoms with E-state index in [0.29, 0.717) is 12.8 Å². The number of ether oxygens (including phenoxy) is 16. The molecule has 0 saturated carbocycles. The van der Waals surface area contributed by atoms with Gasteiger partial charge in [-0.25, -0.2) is 0 Å². The van der Waals surface area contributed by atoms with Crippen molar-refractivity contribution >= 4 is 29.5 Å². The Labute approximate surface area is 853 Å². The number of hydrogen-bond donors (Lipinski definition) is 27. The van der Waals surface area contributed by atoms with Crippen LogP contribution >= 0.6 is 0 Å². The zero-order chi connectivity index (χ0) is 107. The van der Waals surface area contributed by atoms with E-state index in [-0.39, 0.29) is 12.3 Å². The van der Waals surface area contributed by atoms with Crippen LogP contribution in [0.3, 0.4) is 0 Å². The lowest BCUT2D eigenvalue weighted by Gasteiger charge is -2.51. The number of carbonyl (C=O) groups excluding carboxylic acids is 5. The number of unbranched alkanes of at least 4 members (excludes halogenated alkanes) is 28. The van der Waals surface area contributed by atoms with Crippen molar-refractivity contribution in [1.29, 1.82) is 0 Å². The first-order valence-electron chi connectivity index (χ1n) is 52.6. The molecule has 48 nitrogen and oxygen atoms in total. The highest BCUT2D eigenvalue weighted by Crippen LogP contribution is 2.40. The second-order valence-electron chi connectivity index (χ2n) is 39.5. The molecule has 0 aromatic heterocycles. The highest BCUT2D eigenvalue weighted by atomic mass is 16.8. The molecule has 8 aliphatic rings.